The smallest absolute Gasteiger partial charge is 0.144 e. The van der Waals surface area contributed by atoms with Crippen molar-refractivity contribution in [2.75, 3.05) is 6.54 Å². The Bertz CT molecular complexity index is 372. The highest BCUT2D eigenvalue weighted by Crippen LogP contribution is 2.22. The van der Waals surface area contributed by atoms with E-state index < -0.39 is 0 Å². The quantitative estimate of drug-likeness (QED) is 0.781. The van der Waals surface area contributed by atoms with E-state index in [-0.39, 0.29) is 0 Å². The Kier molecular flexibility index (Phi) is 4.95. The fourth-order valence-corrected chi connectivity index (χ4v) is 3.02. The molecule has 1 fully saturated rings. The lowest BCUT2D eigenvalue weighted by Crippen LogP contribution is -2.39. The lowest BCUT2D eigenvalue weighted by atomic mass is 9.98. The Morgan fingerprint density at radius 2 is 2.22 bits per heavy atom. The Morgan fingerprint density at radius 3 is 2.94 bits per heavy atom. The van der Waals surface area contributed by atoms with E-state index in [2.05, 4.69) is 21.8 Å². The van der Waals surface area contributed by atoms with Crippen LogP contribution in [0.4, 0.5) is 0 Å². The molecule has 2 rings (SSSR count). The van der Waals surface area contributed by atoms with Crippen LogP contribution in [0.2, 0.25) is 5.15 Å². The van der Waals surface area contributed by atoms with Crippen molar-refractivity contribution in [3.63, 3.8) is 0 Å². The van der Waals surface area contributed by atoms with Gasteiger partial charge in [0.1, 0.15) is 11.0 Å². The minimum atomic E-state index is 0.557. The zero-order chi connectivity index (χ0) is 13.0. The van der Waals surface area contributed by atoms with Gasteiger partial charge in [0.25, 0.3) is 0 Å². The van der Waals surface area contributed by atoms with Crippen molar-refractivity contribution in [1.29, 1.82) is 0 Å². The third kappa shape index (κ3) is 3.66. The number of rotatable bonds is 4. The molecule has 0 saturated carbocycles. The van der Waals surface area contributed by atoms with Crippen molar-refractivity contribution in [2.24, 2.45) is 0 Å². The van der Waals surface area contributed by atoms with Crippen molar-refractivity contribution < 1.29 is 0 Å². The van der Waals surface area contributed by atoms with E-state index in [0.717, 1.165) is 18.1 Å². The van der Waals surface area contributed by atoms with Gasteiger partial charge in [-0.25, -0.2) is 9.97 Å². The van der Waals surface area contributed by atoms with E-state index in [4.69, 9.17) is 11.6 Å². The van der Waals surface area contributed by atoms with Crippen molar-refractivity contribution in [1.82, 2.24) is 14.9 Å². The van der Waals surface area contributed by atoms with Crippen molar-refractivity contribution in [3.8, 4) is 0 Å². The molecule has 1 aromatic heterocycles. The summed E-state index contributed by atoms with van der Waals surface area (Å²) in [6.07, 6.45) is 6.49. The van der Waals surface area contributed by atoms with Gasteiger partial charge in [-0.15, -0.1) is 0 Å². The maximum atomic E-state index is 6.00. The molecule has 1 aliphatic rings. The summed E-state index contributed by atoms with van der Waals surface area (Å²) in [5, 5.41) is 0.557. The lowest BCUT2D eigenvalue weighted by Gasteiger charge is -2.35. The van der Waals surface area contributed by atoms with Gasteiger partial charge in [-0.1, -0.05) is 31.4 Å². The summed E-state index contributed by atoms with van der Waals surface area (Å²) in [6.45, 7) is 6.23. The summed E-state index contributed by atoms with van der Waals surface area (Å²) in [7, 11) is 0. The van der Waals surface area contributed by atoms with E-state index >= 15 is 0 Å². The van der Waals surface area contributed by atoms with Gasteiger partial charge in [0.15, 0.2) is 0 Å². The zero-order valence-electron chi connectivity index (χ0n) is 11.3. The zero-order valence-corrected chi connectivity index (χ0v) is 12.1. The number of nitrogens with zero attached hydrogens (tertiary/aromatic N) is 3. The normalized spacial score (nSPS) is 21.2. The largest absolute Gasteiger partial charge is 0.293 e. The number of hydrogen-bond acceptors (Lipinski definition) is 3. The van der Waals surface area contributed by atoms with Crippen molar-refractivity contribution >= 4 is 11.6 Å². The fourth-order valence-electron chi connectivity index (χ4n) is 2.77. The third-order valence-corrected chi connectivity index (χ3v) is 3.78. The van der Waals surface area contributed by atoms with Crippen LogP contribution in [0.15, 0.2) is 6.07 Å². The van der Waals surface area contributed by atoms with Gasteiger partial charge in [-0.05, 0) is 38.8 Å². The van der Waals surface area contributed by atoms with E-state index in [0.29, 0.717) is 11.2 Å². The second-order valence-electron chi connectivity index (χ2n) is 5.16. The van der Waals surface area contributed by atoms with Crippen LogP contribution in [0.5, 0.6) is 0 Å². The van der Waals surface area contributed by atoms with Crippen LogP contribution in [0, 0.1) is 6.92 Å². The van der Waals surface area contributed by atoms with Gasteiger partial charge < -0.3 is 0 Å². The van der Waals surface area contributed by atoms with Gasteiger partial charge >= 0.3 is 0 Å². The molecular weight excluding hydrogens is 246 g/mol. The highest BCUT2D eigenvalue weighted by Gasteiger charge is 2.22. The van der Waals surface area contributed by atoms with Gasteiger partial charge in [0.2, 0.25) is 0 Å². The van der Waals surface area contributed by atoms with Crippen molar-refractivity contribution in [3.05, 3.63) is 22.7 Å². The lowest BCUT2D eigenvalue weighted by molar-refractivity contribution is 0.128. The Morgan fingerprint density at radius 1 is 1.39 bits per heavy atom. The minimum Gasteiger partial charge on any atom is -0.293 e. The second kappa shape index (κ2) is 6.48. The average molecular weight is 268 g/mol. The molecular formula is C14H22ClN3. The first-order valence-corrected chi connectivity index (χ1v) is 7.31. The molecule has 2 heterocycles. The minimum absolute atomic E-state index is 0.557. The molecule has 3 nitrogen and oxygen atoms in total. The van der Waals surface area contributed by atoms with Gasteiger partial charge in [0, 0.05) is 11.7 Å². The summed E-state index contributed by atoms with van der Waals surface area (Å²) in [4.78, 5) is 11.3. The van der Waals surface area contributed by atoms with E-state index in [1.165, 1.54) is 38.6 Å². The molecule has 1 aromatic rings. The van der Waals surface area contributed by atoms with Crippen LogP contribution < -0.4 is 0 Å². The SMILES string of the molecule is CCCC1CCCCN1Cc1nc(C)cc(Cl)n1. The Hall–Kier alpha value is -0.670. The van der Waals surface area contributed by atoms with Crippen LogP contribution in [-0.4, -0.2) is 27.5 Å². The maximum Gasteiger partial charge on any atom is 0.144 e. The topological polar surface area (TPSA) is 29.0 Å². The summed E-state index contributed by atoms with van der Waals surface area (Å²) in [5.41, 5.74) is 0.953. The molecule has 100 valence electrons. The molecule has 1 unspecified atom stereocenters. The summed E-state index contributed by atoms with van der Waals surface area (Å²) in [5.74, 6) is 0.864. The molecule has 0 aliphatic carbocycles. The molecule has 0 aromatic carbocycles. The van der Waals surface area contributed by atoms with E-state index in [9.17, 15) is 0 Å². The monoisotopic (exact) mass is 267 g/mol. The first-order chi connectivity index (χ1) is 8.69. The molecule has 0 amide bonds. The highest BCUT2D eigenvalue weighted by molar-refractivity contribution is 6.29. The van der Waals surface area contributed by atoms with E-state index in [1.54, 1.807) is 0 Å². The Labute approximate surface area is 115 Å². The number of halogens is 1. The number of hydrogen-bond donors (Lipinski definition) is 0. The van der Waals surface area contributed by atoms with Crippen molar-refractivity contribution in [2.45, 2.75) is 58.5 Å². The molecule has 0 N–H and O–H groups in total. The predicted molar refractivity (Wildman–Crippen MR) is 74.7 cm³/mol. The predicted octanol–water partition coefficient (Wildman–Crippen LogP) is 3.59. The standard InChI is InChI=1S/C14H22ClN3/c1-3-6-12-7-4-5-8-18(12)10-14-16-11(2)9-13(15)17-14/h9,12H,3-8,10H2,1-2H3. The summed E-state index contributed by atoms with van der Waals surface area (Å²) < 4.78 is 0. The summed E-state index contributed by atoms with van der Waals surface area (Å²) >= 11 is 6.00. The molecule has 1 atom stereocenters. The fraction of sp³-hybridized carbons (Fsp3) is 0.714. The first kappa shape index (κ1) is 13.8. The molecule has 1 aliphatic heterocycles. The van der Waals surface area contributed by atoms with E-state index in [1.807, 2.05) is 13.0 Å². The van der Waals surface area contributed by atoms with Gasteiger partial charge in [0.05, 0.1) is 6.54 Å². The second-order valence-corrected chi connectivity index (χ2v) is 5.54. The molecule has 18 heavy (non-hydrogen) atoms. The van der Waals surface area contributed by atoms with Gasteiger partial charge in [-0.3, -0.25) is 4.90 Å². The highest BCUT2D eigenvalue weighted by atomic mass is 35.5. The summed E-state index contributed by atoms with van der Waals surface area (Å²) in [6, 6.07) is 2.51. The van der Waals surface area contributed by atoms with Crippen LogP contribution in [0.25, 0.3) is 0 Å². The van der Waals surface area contributed by atoms with Crippen LogP contribution >= 0.6 is 11.6 Å². The maximum absolute atomic E-state index is 6.00. The molecule has 4 heteroatoms. The van der Waals surface area contributed by atoms with Crippen LogP contribution in [-0.2, 0) is 6.54 Å². The van der Waals surface area contributed by atoms with Crippen LogP contribution in [0.3, 0.4) is 0 Å². The Balaban J connectivity index is 2.05. The molecule has 0 spiro atoms. The number of piperidine rings is 1. The average Bonchev–Trinajstić information content (AvgIpc) is 2.30. The number of aromatic nitrogens is 2. The van der Waals surface area contributed by atoms with Gasteiger partial charge in [-0.2, -0.15) is 0 Å². The molecule has 0 radical (unpaired) electrons. The first-order valence-electron chi connectivity index (χ1n) is 6.93. The number of likely N-dealkylation sites (tertiary alicyclic amines) is 1. The third-order valence-electron chi connectivity index (χ3n) is 3.58. The number of aryl methyl sites for hydroxylation is 1. The molecule has 1 saturated heterocycles. The van der Waals surface area contributed by atoms with Crippen LogP contribution in [0.1, 0.15) is 50.5 Å². The molecule has 0 bridgehead atoms.